The molecule has 0 aromatic carbocycles. The minimum Gasteiger partial charge on any atom is -0.319 e. The van der Waals surface area contributed by atoms with Gasteiger partial charge >= 0.3 is 6.18 Å². The molecule has 1 unspecified atom stereocenters. The van der Waals surface area contributed by atoms with Crippen LogP contribution in [-0.2, 0) is 6.18 Å². The Morgan fingerprint density at radius 1 is 1.10 bits per heavy atom. The fraction of sp³-hybridized carbons (Fsp3) is 0.667. The molecule has 4 N–H and O–H groups in total. The number of halogens is 7. The van der Waals surface area contributed by atoms with Crippen molar-refractivity contribution < 1.29 is 30.7 Å². The maximum absolute atomic E-state index is 13.3. The molecule has 0 radical (unpaired) electrons. The standard InChI is InChI=1S/C15H15F7N6S/c16-12(17)1-6(2-12)15(23)27-9(10-25-8(5-29-10)14(20,21)22)26-11(28-15)24-7-3-13(18,19)4-7/h5-7H,1-4,23H2,(H2,24,26,27,28). The second kappa shape index (κ2) is 6.27. The summed E-state index contributed by atoms with van der Waals surface area (Å²) >= 11 is 0.630. The van der Waals surface area contributed by atoms with Crippen molar-refractivity contribution in [2.24, 2.45) is 21.6 Å². The minimum atomic E-state index is -4.67. The van der Waals surface area contributed by atoms with Crippen LogP contribution in [0.5, 0.6) is 0 Å². The van der Waals surface area contributed by atoms with E-state index < -0.39 is 67.1 Å². The molecular weight excluding hydrogens is 429 g/mol. The first kappa shape index (κ1) is 20.3. The van der Waals surface area contributed by atoms with Gasteiger partial charge in [0, 0.05) is 37.0 Å². The van der Waals surface area contributed by atoms with E-state index in [1.165, 1.54) is 0 Å². The zero-order valence-corrected chi connectivity index (χ0v) is 15.3. The number of hydrogen-bond acceptors (Lipinski definition) is 5. The van der Waals surface area contributed by atoms with E-state index in [2.05, 4.69) is 25.6 Å². The largest absolute Gasteiger partial charge is 0.434 e. The second-order valence-corrected chi connectivity index (χ2v) is 8.29. The minimum absolute atomic E-state index is 0.114. The molecule has 3 aliphatic rings. The molecule has 2 aliphatic carbocycles. The van der Waals surface area contributed by atoms with E-state index in [9.17, 15) is 30.7 Å². The SMILES string of the molecule is NC1(C2CC(F)(F)C2)N=C(c2nc(C(F)(F)F)cs2)NC(=NC2CC(F)(F)C2)N1. The summed E-state index contributed by atoms with van der Waals surface area (Å²) in [6.45, 7) is 0. The summed E-state index contributed by atoms with van der Waals surface area (Å²) < 4.78 is 91.3. The number of amidine groups is 1. The Morgan fingerprint density at radius 2 is 1.72 bits per heavy atom. The van der Waals surface area contributed by atoms with Crippen molar-refractivity contribution in [2.75, 3.05) is 0 Å². The monoisotopic (exact) mass is 444 g/mol. The summed E-state index contributed by atoms with van der Waals surface area (Å²) in [5.41, 5.74) is 5.00. The van der Waals surface area contributed by atoms with Crippen LogP contribution in [0.1, 0.15) is 36.4 Å². The van der Waals surface area contributed by atoms with Gasteiger partial charge in [-0.15, -0.1) is 11.3 Å². The summed E-state index contributed by atoms with van der Waals surface area (Å²) in [4.78, 5) is 11.6. The molecule has 29 heavy (non-hydrogen) atoms. The van der Waals surface area contributed by atoms with Crippen molar-refractivity contribution in [3.05, 3.63) is 16.1 Å². The summed E-state index contributed by atoms with van der Waals surface area (Å²) in [5.74, 6) is -8.67. The molecule has 160 valence electrons. The van der Waals surface area contributed by atoms with E-state index in [4.69, 9.17) is 5.73 Å². The van der Waals surface area contributed by atoms with Gasteiger partial charge in [0.15, 0.2) is 28.3 Å². The average Bonchev–Trinajstić information content (AvgIpc) is 3.00. The van der Waals surface area contributed by atoms with E-state index in [0.29, 0.717) is 11.3 Å². The van der Waals surface area contributed by atoms with Crippen LogP contribution in [0, 0.1) is 5.92 Å². The van der Waals surface area contributed by atoms with E-state index in [1.54, 1.807) is 0 Å². The van der Waals surface area contributed by atoms with Crippen LogP contribution in [-0.4, -0.2) is 40.5 Å². The number of guanidine groups is 1. The second-order valence-electron chi connectivity index (χ2n) is 7.43. The highest BCUT2D eigenvalue weighted by atomic mass is 32.1. The molecule has 4 rings (SSSR count). The zero-order valence-electron chi connectivity index (χ0n) is 14.5. The quantitative estimate of drug-likeness (QED) is 0.626. The summed E-state index contributed by atoms with van der Waals surface area (Å²) in [7, 11) is 0. The van der Waals surface area contributed by atoms with Gasteiger partial charge in [0.05, 0.1) is 6.04 Å². The molecule has 2 saturated carbocycles. The summed E-state index contributed by atoms with van der Waals surface area (Å²) in [5, 5.41) is 5.84. The fourth-order valence-corrected chi connectivity index (χ4v) is 4.09. The summed E-state index contributed by atoms with van der Waals surface area (Å²) in [6, 6.07) is -0.742. The number of aromatic nitrogens is 1. The normalized spacial score (nSPS) is 30.8. The van der Waals surface area contributed by atoms with Crippen LogP contribution in [0.25, 0.3) is 0 Å². The van der Waals surface area contributed by atoms with Gasteiger partial charge < -0.3 is 10.6 Å². The van der Waals surface area contributed by atoms with Gasteiger partial charge in [-0.25, -0.2) is 32.5 Å². The molecule has 1 aromatic heterocycles. The Kier molecular flexibility index (Phi) is 4.39. The number of nitrogens with two attached hydrogens (primary N) is 1. The van der Waals surface area contributed by atoms with Crippen LogP contribution < -0.4 is 16.4 Å². The maximum atomic E-state index is 13.3. The third kappa shape index (κ3) is 4.04. The van der Waals surface area contributed by atoms with Crippen LogP contribution in [0.2, 0.25) is 0 Å². The van der Waals surface area contributed by atoms with Crippen molar-refractivity contribution in [2.45, 2.75) is 55.5 Å². The van der Waals surface area contributed by atoms with Gasteiger partial charge in [0.2, 0.25) is 5.92 Å². The third-order valence-corrected chi connectivity index (χ3v) is 5.79. The van der Waals surface area contributed by atoms with Gasteiger partial charge in [0.1, 0.15) is 0 Å². The Bertz CT molecular complexity index is 863. The van der Waals surface area contributed by atoms with Gasteiger partial charge in [-0.2, -0.15) is 13.2 Å². The Hall–Kier alpha value is -1.96. The topological polar surface area (TPSA) is 87.7 Å². The molecule has 2 heterocycles. The molecule has 1 atom stereocenters. The lowest BCUT2D eigenvalue weighted by Crippen LogP contribution is -2.70. The Morgan fingerprint density at radius 3 is 2.24 bits per heavy atom. The van der Waals surface area contributed by atoms with Crippen molar-refractivity contribution in [1.82, 2.24) is 15.6 Å². The maximum Gasteiger partial charge on any atom is 0.434 e. The fourth-order valence-electron chi connectivity index (χ4n) is 3.32. The highest BCUT2D eigenvalue weighted by Crippen LogP contribution is 2.47. The number of nitrogens with zero attached hydrogens (tertiary/aromatic N) is 3. The molecular formula is C15H15F7N6S. The zero-order chi connectivity index (χ0) is 21.2. The first-order chi connectivity index (χ1) is 13.2. The van der Waals surface area contributed by atoms with Gasteiger partial charge in [-0.3, -0.25) is 5.73 Å². The van der Waals surface area contributed by atoms with E-state index in [0.717, 1.165) is 5.38 Å². The first-order valence-corrected chi connectivity index (χ1v) is 9.43. The molecule has 6 nitrogen and oxygen atoms in total. The lowest BCUT2D eigenvalue weighted by atomic mass is 9.76. The molecule has 0 spiro atoms. The van der Waals surface area contributed by atoms with Crippen molar-refractivity contribution in [1.29, 1.82) is 0 Å². The number of aliphatic imine (C=N–C) groups is 2. The van der Waals surface area contributed by atoms with Crippen LogP contribution in [0.4, 0.5) is 30.7 Å². The van der Waals surface area contributed by atoms with Gasteiger partial charge in [-0.05, 0) is 0 Å². The summed E-state index contributed by atoms with van der Waals surface area (Å²) in [6.07, 6.45) is -6.82. The Balaban J connectivity index is 1.63. The molecule has 14 heteroatoms. The third-order valence-electron chi connectivity index (χ3n) is 4.94. The molecule has 2 fully saturated rings. The number of nitrogens with one attached hydrogen (secondary N) is 2. The molecule has 0 amide bonds. The Labute approximate surface area is 163 Å². The predicted octanol–water partition coefficient (Wildman–Crippen LogP) is 2.91. The van der Waals surface area contributed by atoms with E-state index >= 15 is 0 Å². The van der Waals surface area contributed by atoms with Crippen LogP contribution in [0.15, 0.2) is 15.4 Å². The first-order valence-electron chi connectivity index (χ1n) is 8.55. The van der Waals surface area contributed by atoms with Crippen molar-refractivity contribution in [3.8, 4) is 0 Å². The highest BCUT2D eigenvalue weighted by molar-refractivity contribution is 7.11. The van der Waals surface area contributed by atoms with Crippen molar-refractivity contribution in [3.63, 3.8) is 0 Å². The van der Waals surface area contributed by atoms with E-state index in [1.807, 2.05) is 0 Å². The number of thiazole rings is 1. The molecule has 0 bridgehead atoms. The number of hydrogen-bond donors (Lipinski definition) is 3. The van der Waals surface area contributed by atoms with E-state index in [-0.39, 0.29) is 16.8 Å². The van der Waals surface area contributed by atoms with Crippen LogP contribution in [0.3, 0.4) is 0 Å². The smallest absolute Gasteiger partial charge is 0.319 e. The molecule has 1 aromatic rings. The average molecular weight is 444 g/mol. The molecule has 0 saturated heterocycles. The van der Waals surface area contributed by atoms with Crippen LogP contribution >= 0.6 is 11.3 Å². The van der Waals surface area contributed by atoms with Gasteiger partial charge in [-0.1, -0.05) is 0 Å². The number of alkyl halides is 7. The highest BCUT2D eigenvalue weighted by Gasteiger charge is 2.55. The predicted molar refractivity (Wildman–Crippen MR) is 89.9 cm³/mol. The van der Waals surface area contributed by atoms with Crippen molar-refractivity contribution >= 4 is 23.1 Å². The lowest BCUT2D eigenvalue weighted by molar-refractivity contribution is -0.140. The molecule has 1 aliphatic heterocycles. The lowest BCUT2D eigenvalue weighted by Gasteiger charge is -2.46. The number of rotatable bonds is 3. The van der Waals surface area contributed by atoms with Gasteiger partial charge in [0.25, 0.3) is 5.92 Å².